The molecule has 0 aliphatic heterocycles. The summed E-state index contributed by atoms with van der Waals surface area (Å²) in [5.41, 5.74) is 0.325. The minimum Gasteiger partial charge on any atom is -0.313 e. The van der Waals surface area contributed by atoms with Crippen LogP contribution in [0.3, 0.4) is 0 Å². The lowest BCUT2D eigenvalue weighted by atomic mass is 10.5. The molecule has 7 heteroatoms. The van der Waals surface area contributed by atoms with Crippen molar-refractivity contribution >= 4 is 22.9 Å². The van der Waals surface area contributed by atoms with E-state index in [-0.39, 0.29) is 11.2 Å². The second-order valence-corrected chi connectivity index (χ2v) is 5.18. The number of fused-ring (bicyclic) bond motifs is 1. The van der Waals surface area contributed by atoms with E-state index in [1.54, 1.807) is 18.8 Å². The maximum absolute atomic E-state index is 12.2. The third-order valence-electron chi connectivity index (χ3n) is 2.90. The Balaban J connectivity index is 2.98. The van der Waals surface area contributed by atoms with Gasteiger partial charge in [-0.25, -0.2) is 9.78 Å². The Morgan fingerprint density at radius 3 is 2.39 bits per heavy atom. The maximum Gasteiger partial charge on any atom is 0.332 e. The van der Waals surface area contributed by atoms with Crippen LogP contribution in [0, 0.1) is 0 Å². The number of nitrogens with zero attached hydrogens (tertiary/aromatic N) is 4. The number of thioether (sulfide) groups is 1. The average molecular weight is 268 g/mol. The van der Waals surface area contributed by atoms with Gasteiger partial charge < -0.3 is 4.57 Å². The first kappa shape index (κ1) is 12.9. The summed E-state index contributed by atoms with van der Waals surface area (Å²) in [7, 11) is 3.13. The van der Waals surface area contributed by atoms with Crippen molar-refractivity contribution in [3.63, 3.8) is 0 Å². The van der Waals surface area contributed by atoms with E-state index in [1.807, 2.05) is 18.4 Å². The summed E-state index contributed by atoms with van der Waals surface area (Å²) in [6.45, 7) is 4.65. The van der Waals surface area contributed by atoms with Gasteiger partial charge >= 0.3 is 5.69 Å². The van der Waals surface area contributed by atoms with Crippen molar-refractivity contribution in [2.45, 2.75) is 25.5 Å². The number of rotatable bonds is 3. The highest BCUT2D eigenvalue weighted by atomic mass is 32.2. The number of aromatic nitrogens is 4. The normalized spacial score (nSPS) is 11.3. The van der Waals surface area contributed by atoms with Gasteiger partial charge in [-0.05, 0) is 12.7 Å². The number of hydrogen-bond donors (Lipinski definition) is 0. The molecule has 0 aromatic carbocycles. The zero-order valence-corrected chi connectivity index (χ0v) is 11.7. The van der Waals surface area contributed by atoms with Crippen LogP contribution < -0.4 is 11.2 Å². The minimum absolute atomic E-state index is 0.287. The molecule has 0 saturated carbocycles. The van der Waals surface area contributed by atoms with Gasteiger partial charge in [-0.2, -0.15) is 0 Å². The quantitative estimate of drug-likeness (QED) is 0.763. The van der Waals surface area contributed by atoms with Gasteiger partial charge in [0, 0.05) is 20.6 Å². The molecule has 6 nitrogen and oxygen atoms in total. The van der Waals surface area contributed by atoms with Crippen LogP contribution in [0.1, 0.15) is 13.8 Å². The van der Waals surface area contributed by atoms with E-state index in [0.29, 0.717) is 17.7 Å². The molecule has 0 fully saturated rings. The van der Waals surface area contributed by atoms with E-state index in [1.165, 1.54) is 11.6 Å². The van der Waals surface area contributed by atoms with Gasteiger partial charge in [0.2, 0.25) is 0 Å². The van der Waals surface area contributed by atoms with E-state index in [0.717, 1.165) is 15.5 Å². The molecule has 2 aromatic heterocycles. The molecular weight excluding hydrogens is 252 g/mol. The molecule has 2 aromatic rings. The second kappa shape index (κ2) is 4.64. The first-order valence-electron chi connectivity index (χ1n) is 5.81. The lowest BCUT2D eigenvalue weighted by Crippen LogP contribution is -2.37. The lowest BCUT2D eigenvalue weighted by Gasteiger charge is -2.05. The second-order valence-electron chi connectivity index (χ2n) is 3.95. The first-order chi connectivity index (χ1) is 8.52. The van der Waals surface area contributed by atoms with Crippen LogP contribution in [0.4, 0.5) is 0 Å². The monoisotopic (exact) mass is 268 g/mol. The molecule has 0 aliphatic carbocycles. The molecule has 2 rings (SSSR count). The Hall–Kier alpha value is -1.50. The van der Waals surface area contributed by atoms with Gasteiger partial charge in [0.25, 0.3) is 5.56 Å². The Kier molecular flexibility index (Phi) is 3.34. The largest absolute Gasteiger partial charge is 0.332 e. The molecule has 2 heterocycles. The summed E-state index contributed by atoms with van der Waals surface area (Å²) in [6.07, 6.45) is 0. The number of aryl methyl sites for hydroxylation is 2. The molecule has 0 unspecified atom stereocenters. The SMILES string of the molecule is CCSc1nc2c(c(=O)n(C)c(=O)n2C)n1CC. The highest BCUT2D eigenvalue weighted by Gasteiger charge is 2.17. The van der Waals surface area contributed by atoms with Gasteiger partial charge in [-0.1, -0.05) is 18.7 Å². The zero-order chi connectivity index (χ0) is 13.4. The van der Waals surface area contributed by atoms with Gasteiger partial charge in [-0.3, -0.25) is 13.9 Å². The van der Waals surface area contributed by atoms with Crippen LogP contribution in [0.15, 0.2) is 14.7 Å². The molecule has 98 valence electrons. The highest BCUT2D eigenvalue weighted by Crippen LogP contribution is 2.20. The molecule has 0 spiro atoms. The fourth-order valence-electron chi connectivity index (χ4n) is 1.96. The molecule has 0 atom stereocenters. The topological polar surface area (TPSA) is 61.8 Å². The van der Waals surface area contributed by atoms with Gasteiger partial charge in [0.05, 0.1) is 0 Å². The van der Waals surface area contributed by atoms with Gasteiger partial charge in [-0.15, -0.1) is 0 Å². The van der Waals surface area contributed by atoms with Crippen LogP contribution >= 0.6 is 11.8 Å². The van der Waals surface area contributed by atoms with Crippen molar-refractivity contribution in [2.24, 2.45) is 14.1 Å². The summed E-state index contributed by atoms with van der Waals surface area (Å²) in [5.74, 6) is 0.873. The molecule has 0 N–H and O–H groups in total. The van der Waals surface area contributed by atoms with Crippen molar-refractivity contribution in [2.75, 3.05) is 5.75 Å². The molecular formula is C11H16N4O2S. The first-order valence-corrected chi connectivity index (χ1v) is 6.80. The Labute approximate surface area is 108 Å². The van der Waals surface area contributed by atoms with Crippen molar-refractivity contribution in [3.8, 4) is 0 Å². The lowest BCUT2D eigenvalue weighted by molar-refractivity contribution is 0.684. The summed E-state index contributed by atoms with van der Waals surface area (Å²) in [5, 5.41) is 0.785. The van der Waals surface area contributed by atoms with Crippen LogP contribution in [0.2, 0.25) is 0 Å². The van der Waals surface area contributed by atoms with E-state index in [4.69, 9.17) is 0 Å². The third-order valence-corrected chi connectivity index (χ3v) is 3.76. The average Bonchev–Trinajstić information content (AvgIpc) is 2.73. The van der Waals surface area contributed by atoms with Crippen LogP contribution in [-0.4, -0.2) is 24.4 Å². The molecule has 0 amide bonds. The van der Waals surface area contributed by atoms with E-state index in [9.17, 15) is 9.59 Å². The fraction of sp³-hybridized carbons (Fsp3) is 0.545. The van der Waals surface area contributed by atoms with Crippen LogP contribution in [-0.2, 0) is 20.6 Å². The highest BCUT2D eigenvalue weighted by molar-refractivity contribution is 7.99. The molecule has 0 aliphatic rings. The van der Waals surface area contributed by atoms with Crippen molar-refractivity contribution in [3.05, 3.63) is 20.8 Å². The Bertz CT molecular complexity index is 710. The van der Waals surface area contributed by atoms with Gasteiger partial charge in [0.15, 0.2) is 16.3 Å². The van der Waals surface area contributed by atoms with E-state index < -0.39 is 0 Å². The summed E-state index contributed by atoms with van der Waals surface area (Å²) < 4.78 is 4.41. The smallest absolute Gasteiger partial charge is 0.313 e. The Morgan fingerprint density at radius 1 is 1.17 bits per heavy atom. The fourth-order valence-corrected chi connectivity index (χ4v) is 2.74. The summed E-state index contributed by atoms with van der Waals surface area (Å²) >= 11 is 1.57. The van der Waals surface area contributed by atoms with Gasteiger partial charge in [0.1, 0.15) is 0 Å². The van der Waals surface area contributed by atoms with E-state index in [2.05, 4.69) is 4.98 Å². The zero-order valence-electron chi connectivity index (χ0n) is 10.9. The van der Waals surface area contributed by atoms with E-state index >= 15 is 0 Å². The minimum atomic E-state index is -0.346. The predicted octanol–water partition coefficient (Wildman–Crippen LogP) is 0.566. The Morgan fingerprint density at radius 2 is 1.83 bits per heavy atom. The number of imidazole rings is 1. The van der Waals surface area contributed by atoms with Crippen LogP contribution in [0.5, 0.6) is 0 Å². The summed E-state index contributed by atoms with van der Waals surface area (Å²) in [6, 6.07) is 0. The number of hydrogen-bond acceptors (Lipinski definition) is 4. The molecule has 0 radical (unpaired) electrons. The molecule has 18 heavy (non-hydrogen) atoms. The van der Waals surface area contributed by atoms with Crippen molar-refractivity contribution in [1.29, 1.82) is 0 Å². The van der Waals surface area contributed by atoms with Crippen LogP contribution in [0.25, 0.3) is 11.2 Å². The molecule has 0 bridgehead atoms. The maximum atomic E-state index is 12.2. The van der Waals surface area contributed by atoms with Crippen molar-refractivity contribution in [1.82, 2.24) is 18.7 Å². The van der Waals surface area contributed by atoms with Crippen molar-refractivity contribution < 1.29 is 0 Å². The molecule has 0 saturated heterocycles. The summed E-state index contributed by atoms with van der Waals surface area (Å²) in [4.78, 5) is 28.4. The predicted molar refractivity (Wildman–Crippen MR) is 72.3 cm³/mol. The third kappa shape index (κ3) is 1.69. The standard InChI is InChI=1S/C11H16N4O2S/c1-5-15-7-8(12-10(15)18-6-2)13(3)11(17)14(4)9(7)16/h5-6H2,1-4H3.